The molecule has 1 saturated heterocycles. The van der Waals surface area contributed by atoms with Crippen molar-refractivity contribution < 1.29 is 29.2 Å². The van der Waals surface area contributed by atoms with Crippen LogP contribution in [0.4, 0.5) is 10.5 Å². The molecule has 10 heteroatoms. The van der Waals surface area contributed by atoms with E-state index in [1.54, 1.807) is 30.3 Å². The van der Waals surface area contributed by atoms with Crippen LogP contribution in [0.15, 0.2) is 47.4 Å². The van der Waals surface area contributed by atoms with Gasteiger partial charge < -0.3 is 9.84 Å². The van der Waals surface area contributed by atoms with Crippen LogP contribution in [-0.4, -0.2) is 45.5 Å². The van der Waals surface area contributed by atoms with E-state index in [0.29, 0.717) is 17.3 Å². The molecule has 0 unspecified atom stereocenters. The number of nitro groups is 1. The first kappa shape index (κ1) is 20.1. The molecule has 2 amide bonds. The summed E-state index contributed by atoms with van der Waals surface area (Å²) < 4.78 is 4.91. The van der Waals surface area contributed by atoms with Crippen molar-refractivity contribution in [1.29, 1.82) is 0 Å². The monoisotopic (exact) mass is 414 g/mol. The largest absolute Gasteiger partial charge is 0.500 e. The summed E-state index contributed by atoms with van der Waals surface area (Å²) in [5, 5.41) is 20.3. The van der Waals surface area contributed by atoms with E-state index in [2.05, 4.69) is 0 Å². The number of thioether (sulfide) groups is 1. The Morgan fingerprint density at radius 3 is 2.59 bits per heavy atom. The Balaban J connectivity index is 1.87. The van der Waals surface area contributed by atoms with Gasteiger partial charge in [0, 0.05) is 11.6 Å². The first-order valence-corrected chi connectivity index (χ1v) is 9.02. The lowest BCUT2D eigenvalue weighted by molar-refractivity contribution is -0.386. The number of ketones is 1. The van der Waals surface area contributed by atoms with E-state index in [0.717, 1.165) is 11.0 Å². The predicted molar refractivity (Wildman–Crippen MR) is 105 cm³/mol. The summed E-state index contributed by atoms with van der Waals surface area (Å²) in [5.41, 5.74) is -0.0465. The van der Waals surface area contributed by atoms with Gasteiger partial charge in [0.2, 0.25) is 5.75 Å². The van der Waals surface area contributed by atoms with Gasteiger partial charge in [-0.3, -0.25) is 29.4 Å². The van der Waals surface area contributed by atoms with Crippen LogP contribution in [0, 0.1) is 10.1 Å². The molecule has 3 rings (SSSR count). The van der Waals surface area contributed by atoms with Gasteiger partial charge in [0.05, 0.1) is 23.5 Å². The number of amides is 2. The highest BCUT2D eigenvalue weighted by Gasteiger charge is 2.36. The van der Waals surface area contributed by atoms with Crippen molar-refractivity contribution in [3.63, 3.8) is 0 Å². The maximum absolute atomic E-state index is 12.6. The number of aromatic hydroxyl groups is 1. The second-order valence-electron chi connectivity index (χ2n) is 5.91. The van der Waals surface area contributed by atoms with Gasteiger partial charge in [0.15, 0.2) is 11.5 Å². The molecule has 1 aliphatic heterocycles. The molecule has 0 saturated carbocycles. The van der Waals surface area contributed by atoms with Crippen LogP contribution in [0.2, 0.25) is 0 Å². The Hall–Kier alpha value is -3.66. The van der Waals surface area contributed by atoms with Crippen LogP contribution in [0.3, 0.4) is 0 Å². The molecule has 2 aromatic rings. The number of nitro benzene ring substituents is 1. The molecule has 0 atom stereocenters. The average molecular weight is 414 g/mol. The summed E-state index contributed by atoms with van der Waals surface area (Å²) >= 11 is 0.619. The second-order valence-corrected chi connectivity index (χ2v) is 6.90. The van der Waals surface area contributed by atoms with Crippen LogP contribution in [0.1, 0.15) is 15.9 Å². The standard InChI is InChI=1S/C19H14N2O7S/c1-28-15-8-11(7-13(17(15)23)21(26)27)9-16-18(24)20(19(25)29-16)10-14(22)12-5-3-2-4-6-12/h2-9,23H,10H2,1H3. The third kappa shape index (κ3) is 4.11. The quantitative estimate of drug-likeness (QED) is 0.330. The molecule has 0 radical (unpaired) electrons. The summed E-state index contributed by atoms with van der Waals surface area (Å²) in [7, 11) is 1.23. The molecule has 0 spiro atoms. The Labute approximate surface area is 168 Å². The topological polar surface area (TPSA) is 127 Å². The SMILES string of the molecule is COc1cc(C=C2SC(=O)N(CC(=O)c3ccccc3)C2=O)cc([N+](=O)[O-])c1O. The summed E-state index contributed by atoms with van der Waals surface area (Å²) in [6, 6.07) is 10.6. The molecule has 0 bridgehead atoms. The number of carbonyl (C=O) groups excluding carboxylic acids is 3. The molecule has 0 aromatic heterocycles. The lowest BCUT2D eigenvalue weighted by atomic mass is 10.1. The first-order chi connectivity index (χ1) is 13.8. The molecular formula is C19H14N2O7S. The highest BCUT2D eigenvalue weighted by molar-refractivity contribution is 8.18. The second kappa shape index (κ2) is 8.15. The maximum Gasteiger partial charge on any atom is 0.315 e. The van der Waals surface area contributed by atoms with Crippen molar-refractivity contribution in [1.82, 2.24) is 4.90 Å². The van der Waals surface area contributed by atoms with E-state index in [1.165, 1.54) is 19.3 Å². The van der Waals surface area contributed by atoms with Crippen molar-refractivity contribution in [2.45, 2.75) is 0 Å². The number of hydrogen-bond donors (Lipinski definition) is 1. The van der Waals surface area contributed by atoms with E-state index in [-0.39, 0.29) is 16.2 Å². The van der Waals surface area contributed by atoms with Gasteiger partial charge in [-0.1, -0.05) is 30.3 Å². The average Bonchev–Trinajstić information content (AvgIpc) is 2.96. The minimum Gasteiger partial charge on any atom is -0.500 e. The summed E-state index contributed by atoms with van der Waals surface area (Å²) in [4.78, 5) is 48.2. The number of phenolic OH excluding ortho intramolecular Hbond substituents is 1. The smallest absolute Gasteiger partial charge is 0.315 e. The van der Waals surface area contributed by atoms with Crippen LogP contribution in [0.5, 0.6) is 11.5 Å². The highest BCUT2D eigenvalue weighted by Crippen LogP contribution is 2.39. The number of ether oxygens (including phenoxy) is 1. The number of rotatable bonds is 6. The molecule has 1 aliphatic rings. The van der Waals surface area contributed by atoms with Crippen molar-refractivity contribution in [3.8, 4) is 11.5 Å². The van der Waals surface area contributed by atoms with Crippen molar-refractivity contribution in [2.24, 2.45) is 0 Å². The third-order valence-electron chi connectivity index (χ3n) is 4.06. The lowest BCUT2D eigenvalue weighted by Gasteiger charge is -2.11. The number of Topliss-reactive ketones (excluding diaryl/α,β-unsaturated/α-hetero) is 1. The fourth-order valence-corrected chi connectivity index (χ4v) is 3.48. The number of imide groups is 1. The zero-order chi connectivity index (χ0) is 21.1. The molecule has 1 fully saturated rings. The van der Waals surface area contributed by atoms with Crippen molar-refractivity contribution in [2.75, 3.05) is 13.7 Å². The van der Waals surface area contributed by atoms with Gasteiger partial charge in [0.25, 0.3) is 11.1 Å². The van der Waals surface area contributed by atoms with E-state index < -0.39 is 39.8 Å². The number of hydrogen-bond acceptors (Lipinski definition) is 8. The third-order valence-corrected chi connectivity index (χ3v) is 4.97. The van der Waals surface area contributed by atoms with E-state index in [1.807, 2.05) is 0 Å². The molecule has 0 aliphatic carbocycles. The van der Waals surface area contributed by atoms with Crippen LogP contribution < -0.4 is 4.74 Å². The van der Waals surface area contributed by atoms with E-state index in [4.69, 9.17) is 4.74 Å². The highest BCUT2D eigenvalue weighted by atomic mass is 32.2. The minimum absolute atomic E-state index is 0.00194. The normalized spacial score (nSPS) is 15.1. The summed E-state index contributed by atoms with van der Waals surface area (Å²) in [6.07, 6.45) is 1.27. The fraction of sp³-hybridized carbons (Fsp3) is 0.105. The summed E-state index contributed by atoms with van der Waals surface area (Å²) in [6.45, 7) is -0.412. The number of phenols is 1. The Kier molecular flexibility index (Phi) is 5.64. The Bertz CT molecular complexity index is 1050. The van der Waals surface area contributed by atoms with Gasteiger partial charge >= 0.3 is 5.69 Å². The molecule has 9 nitrogen and oxygen atoms in total. The van der Waals surface area contributed by atoms with Crippen LogP contribution in [-0.2, 0) is 4.79 Å². The van der Waals surface area contributed by atoms with E-state index in [9.17, 15) is 29.6 Å². The van der Waals surface area contributed by atoms with Crippen LogP contribution in [0.25, 0.3) is 6.08 Å². The molecule has 1 heterocycles. The lowest BCUT2D eigenvalue weighted by Crippen LogP contribution is -2.33. The Morgan fingerprint density at radius 1 is 1.28 bits per heavy atom. The van der Waals surface area contributed by atoms with Gasteiger partial charge in [0.1, 0.15) is 0 Å². The zero-order valence-corrected chi connectivity index (χ0v) is 15.8. The van der Waals surface area contributed by atoms with Crippen LogP contribution >= 0.6 is 11.8 Å². The molecule has 148 valence electrons. The summed E-state index contributed by atoms with van der Waals surface area (Å²) in [5.74, 6) is -1.87. The van der Waals surface area contributed by atoms with Gasteiger partial charge in [-0.05, 0) is 29.5 Å². The minimum atomic E-state index is -0.792. The molecular weight excluding hydrogens is 400 g/mol. The Morgan fingerprint density at radius 2 is 1.97 bits per heavy atom. The fourth-order valence-electron chi connectivity index (χ4n) is 2.64. The predicted octanol–water partition coefficient (Wildman–Crippen LogP) is 3.23. The number of methoxy groups -OCH3 is 1. The molecule has 29 heavy (non-hydrogen) atoms. The van der Waals surface area contributed by atoms with E-state index >= 15 is 0 Å². The molecule has 1 N–H and O–H groups in total. The van der Waals surface area contributed by atoms with Gasteiger partial charge in [-0.25, -0.2) is 0 Å². The first-order valence-electron chi connectivity index (χ1n) is 8.21. The molecule has 2 aromatic carbocycles. The number of carbonyl (C=O) groups is 3. The van der Waals surface area contributed by atoms with Gasteiger partial charge in [-0.2, -0.15) is 0 Å². The van der Waals surface area contributed by atoms with Crippen molar-refractivity contribution in [3.05, 3.63) is 68.6 Å². The van der Waals surface area contributed by atoms with Crippen molar-refractivity contribution >= 4 is 40.5 Å². The number of nitrogens with zero attached hydrogens (tertiary/aromatic N) is 2. The van der Waals surface area contributed by atoms with Gasteiger partial charge in [-0.15, -0.1) is 0 Å². The number of benzene rings is 2. The maximum atomic E-state index is 12.6. The zero-order valence-electron chi connectivity index (χ0n) is 15.0.